The lowest BCUT2D eigenvalue weighted by Gasteiger charge is -2.24. The molecule has 3 aromatic rings. The molecular weight excluding hydrogens is 445 g/mol. The Kier molecular flexibility index (Phi) is 6.52. The van der Waals surface area contributed by atoms with Gasteiger partial charge < -0.3 is 10.6 Å². The van der Waals surface area contributed by atoms with Crippen LogP contribution in [0.1, 0.15) is 23.2 Å². The molecule has 7 nitrogen and oxygen atoms in total. The van der Waals surface area contributed by atoms with E-state index in [0.29, 0.717) is 18.5 Å². The van der Waals surface area contributed by atoms with E-state index in [0.717, 1.165) is 0 Å². The summed E-state index contributed by atoms with van der Waals surface area (Å²) in [6.07, 6.45) is 0.929. The summed E-state index contributed by atoms with van der Waals surface area (Å²) in [5.41, 5.74) is 0.857. The molecule has 1 heterocycles. The number of nitrogens with one attached hydrogen (secondary N) is 2. The first-order chi connectivity index (χ1) is 15.9. The van der Waals surface area contributed by atoms with Gasteiger partial charge in [-0.1, -0.05) is 30.3 Å². The van der Waals surface area contributed by atoms with E-state index in [1.54, 1.807) is 42.5 Å². The molecule has 170 valence electrons. The Morgan fingerprint density at radius 2 is 1.55 bits per heavy atom. The molecule has 0 saturated carbocycles. The molecule has 3 aromatic carbocycles. The number of benzene rings is 3. The summed E-state index contributed by atoms with van der Waals surface area (Å²) in [5, 5.41) is 5.38. The molecule has 1 atom stereocenters. The van der Waals surface area contributed by atoms with Crippen molar-refractivity contribution in [1.29, 1.82) is 0 Å². The van der Waals surface area contributed by atoms with Crippen LogP contribution in [0.2, 0.25) is 0 Å². The van der Waals surface area contributed by atoms with Crippen LogP contribution in [0.15, 0.2) is 83.8 Å². The predicted molar refractivity (Wildman–Crippen MR) is 123 cm³/mol. The van der Waals surface area contributed by atoms with Crippen molar-refractivity contribution in [1.82, 2.24) is 4.31 Å². The van der Waals surface area contributed by atoms with Gasteiger partial charge in [0.05, 0.1) is 16.1 Å². The molecule has 2 N–H and O–H groups in total. The third kappa shape index (κ3) is 4.94. The number of sulfonamides is 1. The Labute approximate surface area is 191 Å². The number of halogens is 1. The van der Waals surface area contributed by atoms with Gasteiger partial charge in [0.15, 0.2) is 0 Å². The number of hydrogen-bond donors (Lipinski definition) is 2. The SMILES string of the molecule is O=C(Nc1ccc(F)cc1)c1ccccc1NC(=O)[C@@H]1CCCN1S(=O)(=O)c1ccccc1. The maximum Gasteiger partial charge on any atom is 0.257 e. The second-order valence-electron chi connectivity index (χ2n) is 7.58. The Bertz CT molecular complexity index is 1260. The van der Waals surface area contributed by atoms with Crippen molar-refractivity contribution in [2.24, 2.45) is 0 Å². The molecule has 1 aliphatic heterocycles. The topological polar surface area (TPSA) is 95.6 Å². The summed E-state index contributed by atoms with van der Waals surface area (Å²) >= 11 is 0. The third-order valence-electron chi connectivity index (χ3n) is 5.39. The van der Waals surface area contributed by atoms with Gasteiger partial charge in [-0.25, -0.2) is 12.8 Å². The van der Waals surface area contributed by atoms with Crippen LogP contribution in [0, 0.1) is 5.82 Å². The van der Waals surface area contributed by atoms with E-state index in [1.165, 1.54) is 40.7 Å². The number of anilines is 2. The van der Waals surface area contributed by atoms with Gasteiger partial charge in [-0.05, 0) is 61.4 Å². The van der Waals surface area contributed by atoms with Gasteiger partial charge >= 0.3 is 0 Å². The van der Waals surface area contributed by atoms with Gasteiger partial charge in [0.2, 0.25) is 15.9 Å². The highest BCUT2D eigenvalue weighted by Crippen LogP contribution is 2.27. The second kappa shape index (κ2) is 9.51. The number of hydrogen-bond acceptors (Lipinski definition) is 4. The summed E-state index contributed by atoms with van der Waals surface area (Å²) in [4.78, 5) is 26.0. The molecule has 1 aliphatic rings. The molecule has 1 saturated heterocycles. The van der Waals surface area contributed by atoms with Crippen LogP contribution in [0.5, 0.6) is 0 Å². The number of para-hydroxylation sites is 1. The standard InChI is InChI=1S/C24H22FN3O4S/c25-17-12-14-18(15-13-17)26-23(29)20-9-4-5-10-21(20)27-24(30)22-11-6-16-28(22)33(31,32)19-7-2-1-3-8-19/h1-5,7-10,12-15,22H,6,11,16H2,(H,26,29)(H,27,30)/t22-/m0/s1. The number of amides is 2. The predicted octanol–water partition coefficient (Wildman–Crippen LogP) is 3.87. The molecule has 1 fully saturated rings. The lowest BCUT2D eigenvalue weighted by atomic mass is 10.1. The average Bonchev–Trinajstić information content (AvgIpc) is 3.33. The van der Waals surface area contributed by atoms with Crippen LogP contribution >= 0.6 is 0 Å². The van der Waals surface area contributed by atoms with Crippen molar-refractivity contribution in [2.45, 2.75) is 23.8 Å². The molecule has 0 radical (unpaired) electrons. The number of carbonyl (C=O) groups is 2. The van der Waals surface area contributed by atoms with Gasteiger partial charge in [-0.2, -0.15) is 4.31 Å². The zero-order chi connectivity index (χ0) is 23.4. The fourth-order valence-corrected chi connectivity index (χ4v) is 5.43. The monoisotopic (exact) mass is 467 g/mol. The Hall–Kier alpha value is -3.56. The Balaban J connectivity index is 1.53. The van der Waals surface area contributed by atoms with Crippen LogP contribution in [-0.4, -0.2) is 37.1 Å². The first-order valence-electron chi connectivity index (χ1n) is 10.4. The van der Waals surface area contributed by atoms with E-state index in [1.807, 2.05) is 0 Å². The van der Waals surface area contributed by atoms with E-state index < -0.39 is 33.7 Å². The number of carbonyl (C=O) groups excluding carboxylic acids is 2. The van der Waals surface area contributed by atoms with Gasteiger partial charge in [0.1, 0.15) is 11.9 Å². The lowest BCUT2D eigenvalue weighted by Crippen LogP contribution is -2.43. The average molecular weight is 468 g/mol. The molecule has 0 unspecified atom stereocenters. The summed E-state index contributed by atoms with van der Waals surface area (Å²) < 4.78 is 40.4. The fourth-order valence-electron chi connectivity index (χ4n) is 3.76. The van der Waals surface area contributed by atoms with E-state index in [2.05, 4.69) is 10.6 Å². The van der Waals surface area contributed by atoms with Crippen LogP contribution in [0.25, 0.3) is 0 Å². The normalized spacial score (nSPS) is 16.3. The molecule has 4 rings (SSSR count). The summed E-state index contributed by atoms with van der Waals surface area (Å²) in [6, 6.07) is 18.8. The number of nitrogens with zero attached hydrogens (tertiary/aromatic N) is 1. The maximum absolute atomic E-state index is 13.1. The van der Waals surface area contributed by atoms with Crippen molar-refractivity contribution in [3.05, 3.63) is 90.2 Å². The van der Waals surface area contributed by atoms with E-state index in [9.17, 15) is 22.4 Å². The van der Waals surface area contributed by atoms with Crippen LogP contribution in [-0.2, 0) is 14.8 Å². The quantitative estimate of drug-likeness (QED) is 0.575. The van der Waals surface area contributed by atoms with Crippen LogP contribution in [0.3, 0.4) is 0 Å². The first-order valence-corrected chi connectivity index (χ1v) is 11.8. The Morgan fingerprint density at radius 1 is 0.879 bits per heavy atom. The van der Waals surface area contributed by atoms with Crippen LogP contribution in [0.4, 0.5) is 15.8 Å². The van der Waals surface area contributed by atoms with Gasteiger partial charge in [0.25, 0.3) is 5.91 Å². The van der Waals surface area contributed by atoms with Gasteiger partial charge in [0, 0.05) is 12.2 Å². The van der Waals surface area contributed by atoms with Crippen molar-refractivity contribution in [2.75, 3.05) is 17.2 Å². The maximum atomic E-state index is 13.1. The molecule has 33 heavy (non-hydrogen) atoms. The Morgan fingerprint density at radius 3 is 2.27 bits per heavy atom. The number of rotatable bonds is 6. The third-order valence-corrected chi connectivity index (χ3v) is 7.31. The molecule has 9 heteroatoms. The van der Waals surface area contributed by atoms with Crippen molar-refractivity contribution in [3.63, 3.8) is 0 Å². The smallest absolute Gasteiger partial charge is 0.257 e. The summed E-state index contributed by atoms with van der Waals surface area (Å²) in [6.45, 7) is 0.238. The minimum absolute atomic E-state index is 0.128. The molecule has 2 amide bonds. The van der Waals surface area contributed by atoms with Crippen molar-refractivity contribution < 1.29 is 22.4 Å². The minimum Gasteiger partial charge on any atom is -0.324 e. The fraction of sp³-hybridized carbons (Fsp3) is 0.167. The van der Waals surface area contributed by atoms with Crippen molar-refractivity contribution in [3.8, 4) is 0 Å². The molecule has 0 aliphatic carbocycles. The van der Waals surface area contributed by atoms with Crippen LogP contribution < -0.4 is 10.6 Å². The van der Waals surface area contributed by atoms with E-state index >= 15 is 0 Å². The lowest BCUT2D eigenvalue weighted by molar-refractivity contribution is -0.119. The minimum atomic E-state index is -3.83. The first kappa shape index (κ1) is 22.6. The molecule has 0 spiro atoms. The largest absolute Gasteiger partial charge is 0.324 e. The zero-order valence-corrected chi connectivity index (χ0v) is 18.4. The molecular formula is C24H22FN3O4S. The van der Waals surface area contributed by atoms with Gasteiger partial charge in [-0.3, -0.25) is 9.59 Å². The zero-order valence-electron chi connectivity index (χ0n) is 17.6. The summed E-state index contributed by atoms with van der Waals surface area (Å²) in [7, 11) is -3.83. The summed E-state index contributed by atoms with van der Waals surface area (Å²) in [5.74, 6) is -1.42. The highest BCUT2D eigenvalue weighted by molar-refractivity contribution is 7.89. The van der Waals surface area contributed by atoms with E-state index in [4.69, 9.17) is 0 Å². The van der Waals surface area contributed by atoms with Crippen molar-refractivity contribution >= 4 is 33.2 Å². The van der Waals surface area contributed by atoms with Gasteiger partial charge in [-0.15, -0.1) is 0 Å². The molecule has 0 aromatic heterocycles. The highest BCUT2D eigenvalue weighted by atomic mass is 32.2. The molecule has 0 bridgehead atoms. The second-order valence-corrected chi connectivity index (χ2v) is 9.47. The highest BCUT2D eigenvalue weighted by Gasteiger charge is 2.39. The van der Waals surface area contributed by atoms with E-state index in [-0.39, 0.29) is 22.7 Å².